The van der Waals surface area contributed by atoms with Gasteiger partial charge in [0.15, 0.2) is 0 Å². The molecule has 2 saturated carbocycles. The Morgan fingerprint density at radius 2 is 2.00 bits per heavy atom. The second-order valence-corrected chi connectivity index (χ2v) is 7.61. The maximum Gasteiger partial charge on any atom is 0.317 e. The molecule has 22 heavy (non-hydrogen) atoms. The number of rotatable bonds is 4. The summed E-state index contributed by atoms with van der Waals surface area (Å²) >= 11 is 1.73. The monoisotopic (exact) mass is 320 g/mol. The first-order valence-electron chi connectivity index (χ1n) is 8.52. The van der Waals surface area contributed by atoms with Crippen molar-refractivity contribution >= 4 is 17.4 Å². The Hall–Kier alpha value is -1.07. The number of carbonyl (C=O) groups is 1. The number of urea groups is 1. The second-order valence-electron chi connectivity index (χ2n) is 6.83. The molecule has 0 radical (unpaired) electrons. The van der Waals surface area contributed by atoms with Gasteiger partial charge in [0, 0.05) is 25.0 Å². The van der Waals surface area contributed by atoms with E-state index in [1.165, 1.54) is 24.8 Å². The molecule has 1 N–H and O–H groups in total. The summed E-state index contributed by atoms with van der Waals surface area (Å²) in [6, 6.07) is 2.63. The van der Waals surface area contributed by atoms with Crippen molar-refractivity contribution in [3.63, 3.8) is 0 Å². The summed E-state index contributed by atoms with van der Waals surface area (Å²) in [5.41, 5.74) is 1.38. The van der Waals surface area contributed by atoms with Crippen molar-refractivity contribution in [2.45, 2.75) is 62.7 Å². The van der Waals surface area contributed by atoms with Gasteiger partial charge in [-0.05, 0) is 60.9 Å². The van der Waals surface area contributed by atoms with Gasteiger partial charge in [0.05, 0.1) is 12.2 Å². The van der Waals surface area contributed by atoms with E-state index >= 15 is 0 Å². The summed E-state index contributed by atoms with van der Waals surface area (Å²) in [5.74, 6) is 0.537. The van der Waals surface area contributed by atoms with Gasteiger partial charge >= 0.3 is 6.03 Å². The Kier molecular flexibility index (Phi) is 4.09. The minimum Gasteiger partial charge on any atom is -0.375 e. The average molecular weight is 320 g/mol. The highest BCUT2D eigenvalue weighted by molar-refractivity contribution is 7.08. The third-order valence-electron chi connectivity index (χ3n) is 5.24. The third kappa shape index (κ3) is 3.15. The van der Waals surface area contributed by atoms with Gasteiger partial charge < -0.3 is 15.0 Å². The van der Waals surface area contributed by atoms with E-state index in [4.69, 9.17) is 4.74 Å². The lowest BCUT2D eigenvalue weighted by Gasteiger charge is -2.36. The number of piperidine rings is 1. The highest BCUT2D eigenvalue weighted by atomic mass is 32.1. The van der Waals surface area contributed by atoms with Crippen molar-refractivity contribution < 1.29 is 9.53 Å². The molecule has 2 atom stereocenters. The van der Waals surface area contributed by atoms with E-state index < -0.39 is 0 Å². The first-order valence-corrected chi connectivity index (χ1v) is 9.47. The Labute approximate surface area is 135 Å². The Morgan fingerprint density at radius 1 is 1.23 bits per heavy atom. The fourth-order valence-electron chi connectivity index (χ4n) is 3.43. The summed E-state index contributed by atoms with van der Waals surface area (Å²) in [4.78, 5) is 14.3. The van der Waals surface area contributed by atoms with Crippen LogP contribution < -0.4 is 5.32 Å². The predicted molar refractivity (Wildman–Crippen MR) is 87.3 cm³/mol. The molecule has 1 saturated heterocycles. The molecule has 2 amide bonds. The van der Waals surface area contributed by atoms with E-state index in [0.29, 0.717) is 24.2 Å². The fraction of sp³-hybridized carbons (Fsp3) is 0.706. The SMILES string of the molecule is O=C(N[C@@H]1C[C@H]1c1ccsc1)N1CCC(OC2CCC2)CC1. The molecule has 1 aromatic heterocycles. The molecular weight excluding hydrogens is 296 g/mol. The maximum atomic E-state index is 12.3. The van der Waals surface area contributed by atoms with E-state index in [0.717, 1.165) is 32.4 Å². The van der Waals surface area contributed by atoms with Crippen LogP contribution in [-0.4, -0.2) is 42.3 Å². The summed E-state index contributed by atoms with van der Waals surface area (Å²) in [7, 11) is 0. The normalized spacial score (nSPS) is 29.2. The van der Waals surface area contributed by atoms with E-state index in [1.807, 2.05) is 4.90 Å². The zero-order valence-corrected chi connectivity index (χ0v) is 13.7. The minimum atomic E-state index is 0.116. The molecular formula is C17H24N2O2S. The summed E-state index contributed by atoms with van der Waals surface area (Å²) < 4.78 is 6.06. The predicted octanol–water partition coefficient (Wildman–Crippen LogP) is 3.35. The molecule has 4 rings (SSSR count). The van der Waals surface area contributed by atoms with Crippen molar-refractivity contribution in [1.82, 2.24) is 10.2 Å². The summed E-state index contributed by atoms with van der Waals surface area (Å²) in [5, 5.41) is 7.50. The number of hydrogen-bond donors (Lipinski definition) is 1. The topological polar surface area (TPSA) is 41.6 Å². The first kappa shape index (κ1) is 14.5. The van der Waals surface area contributed by atoms with Crippen LogP contribution in [0.25, 0.3) is 0 Å². The number of thiophene rings is 1. The molecule has 1 aliphatic heterocycles. The fourth-order valence-corrected chi connectivity index (χ4v) is 4.16. The highest BCUT2D eigenvalue weighted by Crippen LogP contribution is 2.41. The van der Waals surface area contributed by atoms with Crippen LogP contribution in [0.3, 0.4) is 0 Å². The van der Waals surface area contributed by atoms with Gasteiger partial charge in [-0.25, -0.2) is 4.79 Å². The van der Waals surface area contributed by atoms with E-state index in [-0.39, 0.29) is 6.03 Å². The van der Waals surface area contributed by atoms with Crippen molar-refractivity contribution in [2.75, 3.05) is 13.1 Å². The first-order chi connectivity index (χ1) is 10.8. The number of carbonyl (C=O) groups excluding carboxylic acids is 1. The largest absolute Gasteiger partial charge is 0.375 e. The zero-order chi connectivity index (χ0) is 14.9. The lowest BCUT2D eigenvalue weighted by Crippen LogP contribution is -2.47. The van der Waals surface area contributed by atoms with Crippen molar-refractivity contribution in [1.29, 1.82) is 0 Å². The Morgan fingerprint density at radius 3 is 2.64 bits per heavy atom. The quantitative estimate of drug-likeness (QED) is 0.924. The van der Waals surface area contributed by atoms with Crippen molar-refractivity contribution in [3.8, 4) is 0 Å². The molecule has 4 nitrogen and oxygen atoms in total. The smallest absolute Gasteiger partial charge is 0.317 e. The minimum absolute atomic E-state index is 0.116. The molecule has 3 fully saturated rings. The second kappa shape index (κ2) is 6.20. The molecule has 5 heteroatoms. The van der Waals surface area contributed by atoms with Gasteiger partial charge in [-0.3, -0.25) is 0 Å². The number of nitrogens with one attached hydrogen (secondary N) is 1. The van der Waals surface area contributed by atoms with Crippen molar-refractivity contribution in [2.24, 2.45) is 0 Å². The number of likely N-dealkylation sites (tertiary alicyclic amines) is 1. The van der Waals surface area contributed by atoms with Crippen LogP contribution in [0.15, 0.2) is 16.8 Å². The molecule has 0 unspecified atom stereocenters. The molecule has 3 aliphatic rings. The molecule has 0 bridgehead atoms. The van der Waals surface area contributed by atoms with Gasteiger partial charge in [-0.1, -0.05) is 0 Å². The van der Waals surface area contributed by atoms with Crippen LogP contribution in [0.5, 0.6) is 0 Å². The van der Waals surface area contributed by atoms with Crippen LogP contribution >= 0.6 is 11.3 Å². The number of nitrogens with zero attached hydrogens (tertiary/aromatic N) is 1. The standard InChI is InChI=1S/C17H24N2O2S/c20-17(18-16-10-15(16)12-6-9-22-11-12)19-7-4-14(5-8-19)21-13-2-1-3-13/h6,9,11,13-16H,1-5,7-8,10H2,(H,18,20)/t15-,16+/m0/s1. The van der Waals surface area contributed by atoms with Gasteiger partial charge in [0.25, 0.3) is 0 Å². The molecule has 2 aliphatic carbocycles. The van der Waals surface area contributed by atoms with E-state index in [2.05, 4.69) is 22.1 Å². The number of amides is 2. The van der Waals surface area contributed by atoms with Gasteiger partial charge in [0.1, 0.15) is 0 Å². The summed E-state index contributed by atoms with van der Waals surface area (Å²) in [6.45, 7) is 1.66. The van der Waals surface area contributed by atoms with E-state index in [9.17, 15) is 4.79 Å². The van der Waals surface area contributed by atoms with E-state index in [1.54, 1.807) is 11.3 Å². The molecule has 120 valence electrons. The average Bonchev–Trinajstić information content (AvgIpc) is 3.04. The Balaban J connectivity index is 1.20. The molecule has 0 aromatic carbocycles. The van der Waals surface area contributed by atoms with Crippen LogP contribution in [0.4, 0.5) is 4.79 Å². The van der Waals surface area contributed by atoms with Crippen LogP contribution in [0, 0.1) is 0 Å². The van der Waals surface area contributed by atoms with Crippen LogP contribution in [0.1, 0.15) is 50.0 Å². The third-order valence-corrected chi connectivity index (χ3v) is 5.94. The maximum absolute atomic E-state index is 12.3. The molecule has 1 aromatic rings. The zero-order valence-electron chi connectivity index (χ0n) is 12.9. The molecule has 0 spiro atoms. The lowest BCUT2D eigenvalue weighted by molar-refractivity contribution is -0.0697. The van der Waals surface area contributed by atoms with Gasteiger partial charge in [-0.2, -0.15) is 11.3 Å². The van der Waals surface area contributed by atoms with Gasteiger partial charge in [0.2, 0.25) is 0 Å². The van der Waals surface area contributed by atoms with Crippen LogP contribution in [0.2, 0.25) is 0 Å². The van der Waals surface area contributed by atoms with Gasteiger partial charge in [-0.15, -0.1) is 0 Å². The van der Waals surface area contributed by atoms with Crippen molar-refractivity contribution in [3.05, 3.63) is 22.4 Å². The summed E-state index contributed by atoms with van der Waals surface area (Å²) in [6.07, 6.45) is 7.71. The highest BCUT2D eigenvalue weighted by Gasteiger charge is 2.40. The number of ether oxygens (including phenoxy) is 1. The molecule has 2 heterocycles. The lowest BCUT2D eigenvalue weighted by atomic mass is 9.95. The Bertz CT molecular complexity index is 507. The number of hydrogen-bond acceptors (Lipinski definition) is 3. The van der Waals surface area contributed by atoms with Crippen LogP contribution in [-0.2, 0) is 4.74 Å².